The van der Waals surface area contributed by atoms with Gasteiger partial charge in [-0.2, -0.15) is 9.97 Å². The van der Waals surface area contributed by atoms with Gasteiger partial charge in [0.05, 0.1) is 12.1 Å². The van der Waals surface area contributed by atoms with Gasteiger partial charge < -0.3 is 21.3 Å². The normalized spacial score (nSPS) is 19.0. The highest BCUT2D eigenvalue weighted by atomic mass is 79.9. The van der Waals surface area contributed by atoms with Gasteiger partial charge in [0, 0.05) is 45.6 Å². The fourth-order valence-corrected chi connectivity index (χ4v) is 7.44. The van der Waals surface area contributed by atoms with Crippen LogP contribution in [0.1, 0.15) is 86.0 Å². The molecular weight excluding hydrogens is 680 g/mol. The van der Waals surface area contributed by atoms with Crippen molar-refractivity contribution in [3.8, 4) is 0 Å². The van der Waals surface area contributed by atoms with Crippen LogP contribution in [0.4, 0.5) is 23.5 Å². The topological polar surface area (TPSA) is 110 Å². The number of anilines is 4. The molecule has 0 radical (unpaired) electrons. The van der Waals surface area contributed by atoms with Crippen molar-refractivity contribution in [2.75, 3.05) is 34.4 Å². The Morgan fingerprint density at radius 3 is 1.39 bits per heavy atom. The first-order chi connectivity index (χ1) is 21.3. The Morgan fingerprint density at radius 1 is 0.591 bits per heavy atom. The van der Waals surface area contributed by atoms with Crippen LogP contribution >= 0.6 is 31.9 Å². The summed E-state index contributed by atoms with van der Waals surface area (Å²) < 4.78 is 2.32. The molecule has 8 nitrogen and oxygen atoms in total. The molecule has 4 N–H and O–H groups in total. The Morgan fingerprint density at radius 2 is 1.00 bits per heavy atom. The van der Waals surface area contributed by atoms with Gasteiger partial charge in [-0.25, -0.2) is 9.97 Å². The van der Waals surface area contributed by atoms with Crippen molar-refractivity contribution in [3.05, 3.63) is 92.1 Å². The Bertz CT molecular complexity index is 1390. The van der Waals surface area contributed by atoms with E-state index in [0.29, 0.717) is 24.0 Å². The third kappa shape index (κ3) is 8.07. The first kappa shape index (κ1) is 32.2. The number of hydrogen-bond donors (Lipinski definition) is 2. The summed E-state index contributed by atoms with van der Waals surface area (Å²) in [6.45, 7) is 5.93. The van der Waals surface area contributed by atoms with E-state index in [1.54, 1.807) is 0 Å². The lowest BCUT2D eigenvalue weighted by Crippen LogP contribution is -2.29. The summed E-state index contributed by atoms with van der Waals surface area (Å²) in [4.78, 5) is 22.1. The molecule has 2 aromatic heterocycles. The zero-order chi connectivity index (χ0) is 31.1. The molecule has 0 amide bonds. The van der Waals surface area contributed by atoms with Crippen LogP contribution in [0.15, 0.2) is 69.6 Å². The Hall–Kier alpha value is -3.24. The molecule has 2 aromatic carbocycles. The summed E-state index contributed by atoms with van der Waals surface area (Å²) in [6.07, 6.45) is 9.63. The second-order valence-electron chi connectivity index (χ2n) is 11.6. The number of rotatable bonds is 4. The standard InChI is InChI=1S/2C17H21BrN4/c2*1-12-11-16(21-17(19)20-12)22-10-6-2-3-9-15(22)13-7-4-5-8-14(13)18/h2*4-5,7-8,11,15H,2-3,6,9-10H2,1H3,(H2,19,20,21)/t2*15-/m10/s1. The molecule has 0 spiro atoms. The lowest BCUT2D eigenvalue weighted by Gasteiger charge is -2.32. The predicted molar refractivity (Wildman–Crippen MR) is 188 cm³/mol. The van der Waals surface area contributed by atoms with E-state index >= 15 is 0 Å². The molecule has 2 aliphatic heterocycles. The molecule has 2 atom stereocenters. The van der Waals surface area contributed by atoms with Crippen molar-refractivity contribution in [1.82, 2.24) is 19.9 Å². The van der Waals surface area contributed by atoms with E-state index in [1.807, 2.05) is 26.0 Å². The molecule has 2 aliphatic rings. The third-order valence-corrected chi connectivity index (χ3v) is 9.78. The smallest absolute Gasteiger partial charge is 0.222 e. The van der Waals surface area contributed by atoms with Gasteiger partial charge in [0.25, 0.3) is 0 Å². The van der Waals surface area contributed by atoms with E-state index in [4.69, 9.17) is 11.5 Å². The number of hydrogen-bond acceptors (Lipinski definition) is 8. The predicted octanol–water partition coefficient (Wildman–Crippen LogP) is 8.50. The number of nitrogens with zero attached hydrogens (tertiary/aromatic N) is 6. The molecule has 6 rings (SSSR count). The first-order valence-electron chi connectivity index (χ1n) is 15.5. The van der Waals surface area contributed by atoms with E-state index < -0.39 is 0 Å². The van der Waals surface area contributed by atoms with Crippen molar-refractivity contribution in [2.45, 2.75) is 77.3 Å². The molecule has 0 saturated carbocycles. The molecule has 0 bridgehead atoms. The summed E-state index contributed by atoms with van der Waals surface area (Å²) in [5, 5.41) is 0. The molecule has 10 heteroatoms. The van der Waals surface area contributed by atoms with Crippen molar-refractivity contribution in [2.24, 2.45) is 0 Å². The van der Waals surface area contributed by atoms with Gasteiger partial charge in [-0.15, -0.1) is 0 Å². The number of aryl methyl sites for hydroxylation is 2. The van der Waals surface area contributed by atoms with Crippen molar-refractivity contribution < 1.29 is 0 Å². The van der Waals surface area contributed by atoms with Crippen LogP contribution in [0, 0.1) is 13.8 Å². The summed E-state index contributed by atoms with van der Waals surface area (Å²) in [5.41, 5.74) is 16.2. The Balaban J connectivity index is 0.000000175. The van der Waals surface area contributed by atoms with Gasteiger partial charge in [0.2, 0.25) is 11.9 Å². The highest BCUT2D eigenvalue weighted by Crippen LogP contribution is 2.38. The third-order valence-electron chi connectivity index (χ3n) is 8.34. The van der Waals surface area contributed by atoms with Gasteiger partial charge in [-0.1, -0.05) is 93.9 Å². The van der Waals surface area contributed by atoms with Crippen molar-refractivity contribution >= 4 is 55.4 Å². The lowest BCUT2D eigenvalue weighted by atomic mass is 10.0. The largest absolute Gasteiger partial charge is 0.368 e. The van der Waals surface area contributed by atoms with Gasteiger partial charge in [0.15, 0.2) is 0 Å². The highest BCUT2D eigenvalue weighted by Gasteiger charge is 2.27. The average molecular weight is 723 g/mol. The van der Waals surface area contributed by atoms with E-state index in [-0.39, 0.29) is 0 Å². The van der Waals surface area contributed by atoms with Crippen LogP contribution in [0.25, 0.3) is 0 Å². The zero-order valence-corrected chi connectivity index (χ0v) is 28.8. The molecular formula is C34H42Br2N8. The van der Waals surface area contributed by atoms with E-state index in [9.17, 15) is 0 Å². The van der Waals surface area contributed by atoms with Crippen LogP contribution in [0.2, 0.25) is 0 Å². The van der Waals surface area contributed by atoms with Crippen molar-refractivity contribution in [3.63, 3.8) is 0 Å². The number of aromatic nitrogens is 4. The molecule has 44 heavy (non-hydrogen) atoms. The number of benzene rings is 2. The molecule has 0 aliphatic carbocycles. The number of nitrogen functional groups attached to an aromatic ring is 2. The maximum atomic E-state index is 5.86. The van der Waals surface area contributed by atoms with E-state index in [1.165, 1.54) is 49.7 Å². The van der Waals surface area contributed by atoms with Crippen LogP contribution in [-0.2, 0) is 0 Å². The Labute approximate surface area is 278 Å². The van der Waals surface area contributed by atoms with E-state index in [2.05, 4.69) is 110 Å². The molecule has 0 unspecified atom stereocenters. The fraction of sp³-hybridized carbons (Fsp3) is 0.412. The number of nitrogens with two attached hydrogens (primary N) is 2. The van der Waals surface area contributed by atoms with Crippen LogP contribution in [-0.4, -0.2) is 33.0 Å². The zero-order valence-electron chi connectivity index (χ0n) is 25.6. The highest BCUT2D eigenvalue weighted by molar-refractivity contribution is 9.10. The van der Waals surface area contributed by atoms with Crippen molar-refractivity contribution in [1.29, 1.82) is 0 Å². The summed E-state index contributed by atoms with van der Waals surface area (Å²) in [6, 6.07) is 21.6. The SMILES string of the molecule is Cc1cc(N2CCCCC[C@@H]2c2ccccc2Br)nc(N)n1.Cc1cc(N2CCCCC[C@H]2c2ccccc2Br)nc(N)n1. The maximum Gasteiger partial charge on any atom is 0.222 e. The quantitative estimate of drug-likeness (QED) is 0.216. The fourth-order valence-electron chi connectivity index (χ4n) is 6.35. The Kier molecular flexibility index (Phi) is 11.1. The molecule has 2 saturated heterocycles. The number of halogens is 2. The first-order valence-corrected chi connectivity index (χ1v) is 17.1. The second kappa shape index (κ2) is 15.2. The average Bonchev–Trinajstić information content (AvgIpc) is 3.39. The lowest BCUT2D eigenvalue weighted by molar-refractivity contribution is 0.594. The second-order valence-corrected chi connectivity index (χ2v) is 13.3. The molecule has 4 aromatic rings. The van der Waals surface area contributed by atoms with Gasteiger partial charge >= 0.3 is 0 Å². The minimum atomic E-state index is 0.326. The molecule has 232 valence electrons. The minimum Gasteiger partial charge on any atom is -0.368 e. The maximum absolute atomic E-state index is 5.86. The summed E-state index contributed by atoms with van der Waals surface area (Å²) >= 11 is 7.40. The van der Waals surface area contributed by atoms with Gasteiger partial charge in [0.1, 0.15) is 11.6 Å². The van der Waals surface area contributed by atoms with E-state index in [0.717, 1.165) is 57.9 Å². The van der Waals surface area contributed by atoms with Gasteiger partial charge in [-0.3, -0.25) is 0 Å². The van der Waals surface area contributed by atoms with Gasteiger partial charge in [-0.05, 0) is 62.8 Å². The summed E-state index contributed by atoms with van der Waals surface area (Å²) in [7, 11) is 0. The van der Waals surface area contributed by atoms with Crippen LogP contribution in [0.3, 0.4) is 0 Å². The molecule has 4 heterocycles. The molecule has 2 fully saturated rings. The van der Waals surface area contributed by atoms with Crippen LogP contribution in [0.5, 0.6) is 0 Å². The van der Waals surface area contributed by atoms with Crippen LogP contribution < -0.4 is 21.3 Å². The minimum absolute atomic E-state index is 0.326. The monoisotopic (exact) mass is 720 g/mol. The summed E-state index contributed by atoms with van der Waals surface area (Å²) in [5.74, 6) is 2.58.